The fourth-order valence-electron chi connectivity index (χ4n) is 3.03. The number of alkyl halides is 3. The van der Waals surface area contributed by atoms with Crippen LogP contribution in [0.3, 0.4) is 0 Å². The number of carbonyl (C=O) groups is 1. The van der Waals surface area contributed by atoms with E-state index in [4.69, 9.17) is 0 Å². The molecule has 3 aromatic carbocycles. The van der Waals surface area contributed by atoms with Crippen molar-refractivity contribution >= 4 is 21.6 Å². The topological polar surface area (TPSA) is 66.5 Å². The molecular weight excluding hydrogens is 441 g/mol. The van der Waals surface area contributed by atoms with E-state index in [0.29, 0.717) is 6.42 Å². The number of sulfonamides is 1. The van der Waals surface area contributed by atoms with Crippen LogP contribution < -0.4 is 5.32 Å². The van der Waals surface area contributed by atoms with E-state index in [1.54, 1.807) is 18.2 Å². The average molecular weight is 462 g/mol. The Balaban J connectivity index is 1.76. The summed E-state index contributed by atoms with van der Waals surface area (Å²) in [5.74, 6) is -0.655. The predicted molar refractivity (Wildman–Crippen MR) is 115 cm³/mol. The van der Waals surface area contributed by atoms with Gasteiger partial charge in [0, 0.05) is 12.2 Å². The van der Waals surface area contributed by atoms with Gasteiger partial charge in [-0.05, 0) is 48.4 Å². The molecule has 9 heteroatoms. The average Bonchev–Trinajstić information content (AvgIpc) is 2.77. The van der Waals surface area contributed by atoms with Gasteiger partial charge in [0.1, 0.15) is 0 Å². The fourth-order valence-corrected chi connectivity index (χ4v) is 4.45. The summed E-state index contributed by atoms with van der Waals surface area (Å²) < 4.78 is 65.4. The molecule has 0 saturated heterocycles. The molecule has 1 N–H and O–H groups in total. The Morgan fingerprint density at radius 3 is 1.97 bits per heavy atom. The molecule has 0 unspecified atom stereocenters. The minimum Gasteiger partial charge on any atom is -0.325 e. The van der Waals surface area contributed by atoms with Gasteiger partial charge < -0.3 is 5.32 Å². The van der Waals surface area contributed by atoms with Crippen LogP contribution in [0.25, 0.3) is 0 Å². The number of benzene rings is 3. The van der Waals surface area contributed by atoms with Gasteiger partial charge in [-0.25, -0.2) is 8.42 Å². The molecule has 32 heavy (non-hydrogen) atoms. The Morgan fingerprint density at radius 1 is 0.844 bits per heavy atom. The summed E-state index contributed by atoms with van der Waals surface area (Å²) in [5.41, 5.74) is 0.207. The van der Waals surface area contributed by atoms with E-state index < -0.39 is 34.2 Å². The maximum Gasteiger partial charge on any atom is 0.416 e. The standard InChI is InChI=1S/C23H21F3N2O3S/c24-23(25,26)19-11-13-20(14-12-19)27-22(29)17-28(16-15-18-7-3-1-4-8-18)32(30,31)21-9-5-2-6-10-21/h1-14H,15-17H2,(H,27,29). The lowest BCUT2D eigenvalue weighted by molar-refractivity contribution is -0.137. The Bertz CT molecular complexity index is 1130. The third kappa shape index (κ3) is 6.18. The summed E-state index contributed by atoms with van der Waals surface area (Å²) in [7, 11) is -3.96. The van der Waals surface area contributed by atoms with Gasteiger partial charge in [0.05, 0.1) is 17.0 Å². The van der Waals surface area contributed by atoms with Crippen LogP contribution in [-0.4, -0.2) is 31.7 Å². The second-order valence-electron chi connectivity index (χ2n) is 7.01. The third-order valence-corrected chi connectivity index (χ3v) is 6.55. The number of rotatable bonds is 8. The highest BCUT2D eigenvalue weighted by Crippen LogP contribution is 2.29. The number of anilines is 1. The number of hydrogen-bond donors (Lipinski definition) is 1. The fraction of sp³-hybridized carbons (Fsp3) is 0.174. The molecular formula is C23H21F3N2O3S. The first-order chi connectivity index (χ1) is 15.2. The van der Waals surface area contributed by atoms with E-state index in [9.17, 15) is 26.4 Å². The highest BCUT2D eigenvalue weighted by atomic mass is 32.2. The van der Waals surface area contributed by atoms with Gasteiger partial charge in [-0.1, -0.05) is 48.5 Å². The van der Waals surface area contributed by atoms with Gasteiger partial charge in [-0.15, -0.1) is 0 Å². The van der Waals surface area contributed by atoms with Crippen molar-refractivity contribution in [2.75, 3.05) is 18.4 Å². The Hall–Kier alpha value is -3.17. The minimum atomic E-state index is -4.49. The number of nitrogens with one attached hydrogen (secondary N) is 1. The molecule has 0 atom stereocenters. The monoisotopic (exact) mass is 462 g/mol. The molecule has 0 spiro atoms. The van der Waals surface area contributed by atoms with Crippen LogP contribution in [0.2, 0.25) is 0 Å². The zero-order valence-corrected chi connectivity index (χ0v) is 17.7. The first-order valence-electron chi connectivity index (χ1n) is 9.72. The van der Waals surface area contributed by atoms with Crippen molar-refractivity contribution in [2.24, 2.45) is 0 Å². The molecule has 0 aliphatic rings. The van der Waals surface area contributed by atoms with Crippen LogP contribution in [0.4, 0.5) is 18.9 Å². The zero-order valence-electron chi connectivity index (χ0n) is 16.9. The van der Waals surface area contributed by atoms with Gasteiger partial charge in [0.25, 0.3) is 0 Å². The predicted octanol–water partition coefficient (Wildman–Crippen LogP) is 4.58. The summed E-state index contributed by atoms with van der Waals surface area (Å²) in [6.07, 6.45) is -4.10. The second-order valence-corrected chi connectivity index (χ2v) is 8.95. The van der Waals surface area contributed by atoms with Crippen molar-refractivity contribution in [2.45, 2.75) is 17.5 Å². The first kappa shape index (κ1) is 23.5. The number of halogens is 3. The maximum atomic E-state index is 13.1. The first-order valence-corrected chi connectivity index (χ1v) is 11.2. The molecule has 5 nitrogen and oxygen atoms in total. The molecule has 0 heterocycles. The summed E-state index contributed by atoms with van der Waals surface area (Å²) in [6, 6.07) is 20.9. The van der Waals surface area contributed by atoms with Crippen molar-refractivity contribution in [3.63, 3.8) is 0 Å². The van der Waals surface area contributed by atoms with E-state index in [-0.39, 0.29) is 17.1 Å². The molecule has 3 aromatic rings. The van der Waals surface area contributed by atoms with Crippen LogP contribution in [0, 0.1) is 0 Å². The van der Waals surface area contributed by atoms with Crippen molar-refractivity contribution in [3.8, 4) is 0 Å². The van der Waals surface area contributed by atoms with E-state index in [1.807, 2.05) is 30.3 Å². The van der Waals surface area contributed by atoms with E-state index in [2.05, 4.69) is 5.32 Å². The zero-order chi connectivity index (χ0) is 23.2. The molecule has 0 fully saturated rings. The van der Waals surface area contributed by atoms with Crippen LogP contribution in [0.1, 0.15) is 11.1 Å². The van der Waals surface area contributed by atoms with Crippen LogP contribution in [-0.2, 0) is 27.4 Å². The number of carbonyl (C=O) groups excluding carboxylic acids is 1. The molecule has 0 saturated carbocycles. The van der Waals surface area contributed by atoms with Crippen molar-refractivity contribution in [1.82, 2.24) is 4.31 Å². The summed E-state index contributed by atoms with van der Waals surface area (Å²) in [4.78, 5) is 12.6. The Morgan fingerprint density at radius 2 is 1.41 bits per heavy atom. The summed E-state index contributed by atoms with van der Waals surface area (Å²) >= 11 is 0. The second kappa shape index (κ2) is 9.97. The SMILES string of the molecule is O=C(CN(CCc1ccccc1)S(=O)(=O)c1ccccc1)Nc1ccc(C(F)(F)F)cc1. The molecule has 1 amide bonds. The van der Waals surface area contributed by atoms with Crippen molar-refractivity contribution < 1.29 is 26.4 Å². The smallest absolute Gasteiger partial charge is 0.325 e. The van der Waals surface area contributed by atoms with Crippen LogP contribution in [0.15, 0.2) is 89.8 Å². The van der Waals surface area contributed by atoms with E-state index >= 15 is 0 Å². The maximum absolute atomic E-state index is 13.1. The van der Waals surface area contributed by atoms with Gasteiger partial charge in [-0.2, -0.15) is 17.5 Å². The lowest BCUT2D eigenvalue weighted by Gasteiger charge is -2.22. The largest absolute Gasteiger partial charge is 0.416 e. The normalized spacial score (nSPS) is 12.0. The Labute approximate surface area is 184 Å². The molecule has 0 radical (unpaired) electrons. The molecule has 0 aromatic heterocycles. The summed E-state index contributed by atoms with van der Waals surface area (Å²) in [5, 5.41) is 2.46. The van der Waals surface area contributed by atoms with Crippen molar-refractivity contribution in [1.29, 1.82) is 0 Å². The molecule has 0 bridgehead atoms. The van der Waals surface area contributed by atoms with Crippen molar-refractivity contribution in [3.05, 3.63) is 96.1 Å². The molecule has 0 aliphatic heterocycles. The van der Waals surface area contributed by atoms with Crippen LogP contribution >= 0.6 is 0 Å². The Kier molecular flexibility index (Phi) is 7.32. The molecule has 0 aliphatic carbocycles. The lowest BCUT2D eigenvalue weighted by Crippen LogP contribution is -2.39. The highest BCUT2D eigenvalue weighted by Gasteiger charge is 2.30. The molecule has 168 valence electrons. The minimum absolute atomic E-state index is 0.0513. The van der Waals surface area contributed by atoms with E-state index in [1.165, 1.54) is 12.1 Å². The summed E-state index contributed by atoms with van der Waals surface area (Å²) in [6.45, 7) is -0.424. The lowest BCUT2D eigenvalue weighted by atomic mass is 10.1. The highest BCUT2D eigenvalue weighted by molar-refractivity contribution is 7.89. The van der Waals surface area contributed by atoms with E-state index in [0.717, 1.165) is 34.1 Å². The third-order valence-electron chi connectivity index (χ3n) is 4.69. The van der Waals surface area contributed by atoms with Gasteiger partial charge >= 0.3 is 6.18 Å². The molecule has 3 rings (SSSR count). The van der Waals surface area contributed by atoms with Gasteiger partial charge in [0.2, 0.25) is 15.9 Å². The number of amides is 1. The quantitative estimate of drug-likeness (QED) is 0.533. The number of hydrogen-bond acceptors (Lipinski definition) is 3. The van der Waals surface area contributed by atoms with Crippen LogP contribution in [0.5, 0.6) is 0 Å². The van der Waals surface area contributed by atoms with Gasteiger partial charge in [-0.3, -0.25) is 4.79 Å². The number of nitrogens with zero attached hydrogens (tertiary/aromatic N) is 1. The van der Waals surface area contributed by atoms with Gasteiger partial charge in [0.15, 0.2) is 0 Å².